The third-order valence-corrected chi connectivity index (χ3v) is 1.78. The highest BCUT2D eigenvalue weighted by Crippen LogP contribution is 2.29. The molecule has 0 atom stereocenters. The summed E-state index contributed by atoms with van der Waals surface area (Å²) >= 11 is 0. The molecule has 0 heterocycles. The van der Waals surface area contributed by atoms with E-state index in [-0.39, 0.29) is 0 Å². The average Bonchev–Trinajstić information content (AvgIpc) is 1.56. The first-order valence-electron chi connectivity index (χ1n) is 3.66. The Morgan fingerprint density at radius 3 is 1.20 bits per heavy atom. The van der Waals surface area contributed by atoms with E-state index in [1.54, 1.807) is 0 Å². The first-order chi connectivity index (χ1) is 4.63. The summed E-state index contributed by atoms with van der Waals surface area (Å²) in [5.41, 5.74) is 5.69. The van der Waals surface area contributed by atoms with Crippen LogP contribution in [0.2, 0.25) is 0 Å². The summed E-state index contributed by atoms with van der Waals surface area (Å²) in [6.45, 7) is 8.62. The lowest BCUT2D eigenvalue weighted by atomic mass is 9.89. The van der Waals surface area contributed by atoms with Gasteiger partial charge in [-0.3, -0.25) is 0 Å². The van der Waals surface area contributed by atoms with Crippen molar-refractivity contribution < 1.29 is 0 Å². The monoisotopic (exact) mass is 134 g/mol. The van der Waals surface area contributed by atoms with Crippen molar-refractivity contribution in [3.8, 4) is 0 Å². The molecule has 0 aromatic heterocycles. The summed E-state index contributed by atoms with van der Waals surface area (Å²) in [5.74, 6) is 0. The molecule has 0 nitrogen and oxygen atoms in total. The van der Waals surface area contributed by atoms with Gasteiger partial charge in [0.15, 0.2) is 0 Å². The highest BCUT2D eigenvalue weighted by atomic mass is 14.1. The lowest BCUT2D eigenvalue weighted by Crippen LogP contribution is -1.97. The fourth-order valence-corrected chi connectivity index (χ4v) is 1.12. The van der Waals surface area contributed by atoms with Crippen molar-refractivity contribution >= 4 is 0 Å². The molecule has 1 aliphatic carbocycles. The molecular formula is C10H14. The van der Waals surface area contributed by atoms with Crippen molar-refractivity contribution in [3.05, 3.63) is 34.4 Å². The molecular weight excluding hydrogens is 120 g/mol. The molecule has 0 bridgehead atoms. The van der Waals surface area contributed by atoms with E-state index in [4.69, 9.17) is 0 Å². The van der Waals surface area contributed by atoms with Gasteiger partial charge < -0.3 is 0 Å². The Bertz CT molecular complexity index is 203. The van der Waals surface area contributed by atoms with Crippen LogP contribution in [-0.4, -0.2) is 0 Å². The molecule has 0 aromatic carbocycles. The van der Waals surface area contributed by atoms with Crippen LogP contribution in [-0.2, 0) is 0 Å². The lowest BCUT2D eigenvalue weighted by Gasteiger charge is -2.16. The topological polar surface area (TPSA) is 0 Å². The van der Waals surface area contributed by atoms with E-state index < -0.39 is 0 Å². The van der Waals surface area contributed by atoms with E-state index in [0.29, 0.717) is 0 Å². The zero-order valence-corrected chi connectivity index (χ0v) is 7.15. The van der Waals surface area contributed by atoms with Crippen LogP contribution in [0, 0.1) is 0 Å². The molecule has 0 fully saturated rings. The van der Waals surface area contributed by atoms with Crippen molar-refractivity contribution in [1.29, 1.82) is 0 Å². The second kappa shape index (κ2) is 2.45. The third kappa shape index (κ3) is 1.06. The van der Waals surface area contributed by atoms with E-state index in [9.17, 15) is 0 Å². The standard InChI is InChI=1S/C10H14/c1-7(2)9-5-6-10(9)8(3)4/h5-6H,1-4H3. The third-order valence-electron chi connectivity index (χ3n) is 1.78. The van der Waals surface area contributed by atoms with E-state index in [1.165, 1.54) is 22.3 Å². The molecule has 0 unspecified atom stereocenters. The Balaban J connectivity index is 3.05. The van der Waals surface area contributed by atoms with Gasteiger partial charge >= 0.3 is 0 Å². The maximum atomic E-state index is 2.18. The maximum absolute atomic E-state index is 2.18. The number of rotatable bonds is 0. The van der Waals surface area contributed by atoms with Crippen molar-refractivity contribution in [3.63, 3.8) is 0 Å². The van der Waals surface area contributed by atoms with E-state index >= 15 is 0 Å². The molecule has 0 aliphatic heterocycles. The lowest BCUT2D eigenvalue weighted by molar-refractivity contribution is 1.22. The van der Waals surface area contributed by atoms with Crippen LogP contribution in [0.3, 0.4) is 0 Å². The van der Waals surface area contributed by atoms with Gasteiger partial charge in [-0.25, -0.2) is 0 Å². The minimum absolute atomic E-state index is 1.42. The molecule has 0 saturated heterocycles. The molecule has 54 valence electrons. The Labute approximate surface area is 62.9 Å². The van der Waals surface area contributed by atoms with E-state index in [0.717, 1.165) is 0 Å². The van der Waals surface area contributed by atoms with Crippen LogP contribution in [0.1, 0.15) is 27.7 Å². The Morgan fingerprint density at radius 1 is 0.800 bits per heavy atom. The van der Waals surface area contributed by atoms with Gasteiger partial charge in [0.25, 0.3) is 0 Å². The first-order valence-corrected chi connectivity index (χ1v) is 3.66. The van der Waals surface area contributed by atoms with Crippen molar-refractivity contribution in [2.45, 2.75) is 27.7 Å². The summed E-state index contributed by atoms with van der Waals surface area (Å²) in [7, 11) is 0. The van der Waals surface area contributed by atoms with Crippen LogP contribution in [0.25, 0.3) is 0 Å². The van der Waals surface area contributed by atoms with Gasteiger partial charge in [-0.05, 0) is 38.8 Å². The normalized spacial score (nSPS) is 15.2. The van der Waals surface area contributed by atoms with Gasteiger partial charge in [0, 0.05) is 0 Å². The smallest absolute Gasteiger partial charge is 0.0198 e. The van der Waals surface area contributed by atoms with Gasteiger partial charge in [0.1, 0.15) is 0 Å². The Kier molecular flexibility index (Phi) is 1.80. The largest absolute Gasteiger partial charge is 0.0686 e. The summed E-state index contributed by atoms with van der Waals surface area (Å²) in [6, 6.07) is 0. The Morgan fingerprint density at radius 2 is 1.10 bits per heavy atom. The number of allylic oxidation sites excluding steroid dienone is 6. The quantitative estimate of drug-likeness (QED) is 0.477. The molecule has 0 spiro atoms. The molecule has 0 N–H and O–H groups in total. The minimum Gasteiger partial charge on any atom is -0.0686 e. The van der Waals surface area contributed by atoms with Gasteiger partial charge in [0.2, 0.25) is 0 Å². The second-order valence-electron chi connectivity index (χ2n) is 3.16. The van der Waals surface area contributed by atoms with E-state index in [2.05, 4.69) is 39.8 Å². The van der Waals surface area contributed by atoms with E-state index in [1.807, 2.05) is 0 Å². The highest BCUT2D eigenvalue weighted by molar-refractivity contribution is 5.60. The SMILES string of the molecule is CC(C)=C1C=CC1=C(C)C. The molecule has 0 aromatic rings. The fourth-order valence-electron chi connectivity index (χ4n) is 1.12. The summed E-state index contributed by atoms with van der Waals surface area (Å²) in [6.07, 6.45) is 4.36. The predicted octanol–water partition coefficient (Wildman–Crippen LogP) is 3.23. The van der Waals surface area contributed by atoms with Crippen LogP contribution in [0.4, 0.5) is 0 Å². The zero-order valence-electron chi connectivity index (χ0n) is 7.15. The van der Waals surface area contributed by atoms with Gasteiger partial charge in [0.05, 0.1) is 0 Å². The van der Waals surface area contributed by atoms with Crippen molar-refractivity contribution in [2.75, 3.05) is 0 Å². The van der Waals surface area contributed by atoms with Crippen LogP contribution < -0.4 is 0 Å². The Hall–Kier alpha value is -0.780. The summed E-state index contributed by atoms with van der Waals surface area (Å²) in [5, 5.41) is 0. The highest BCUT2D eigenvalue weighted by Gasteiger charge is 2.09. The minimum atomic E-state index is 1.42. The molecule has 0 amide bonds. The first kappa shape index (κ1) is 7.33. The number of hydrogen-bond acceptors (Lipinski definition) is 0. The molecule has 1 rings (SSSR count). The fraction of sp³-hybridized carbons (Fsp3) is 0.400. The summed E-state index contributed by atoms with van der Waals surface area (Å²) < 4.78 is 0. The van der Waals surface area contributed by atoms with Crippen molar-refractivity contribution in [2.24, 2.45) is 0 Å². The summed E-state index contributed by atoms with van der Waals surface area (Å²) in [4.78, 5) is 0. The molecule has 0 saturated carbocycles. The molecule has 0 radical (unpaired) electrons. The van der Waals surface area contributed by atoms with Gasteiger partial charge in [-0.2, -0.15) is 0 Å². The second-order valence-corrected chi connectivity index (χ2v) is 3.16. The van der Waals surface area contributed by atoms with Crippen LogP contribution in [0.15, 0.2) is 34.4 Å². The van der Waals surface area contributed by atoms with Crippen LogP contribution in [0.5, 0.6) is 0 Å². The van der Waals surface area contributed by atoms with Gasteiger partial charge in [-0.1, -0.05) is 23.3 Å². The predicted molar refractivity (Wildman–Crippen MR) is 45.9 cm³/mol. The average molecular weight is 134 g/mol. The maximum Gasteiger partial charge on any atom is -0.0198 e. The molecule has 1 aliphatic rings. The number of hydrogen-bond donors (Lipinski definition) is 0. The van der Waals surface area contributed by atoms with Gasteiger partial charge in [-0.15, -0.1) is 0 Å². The molecule has 0 heteroatoms. The van der Waals surface area contributed by atoms with Crippen LogP contribution >= 0.6 is 0 Å². The molecule has 10 heavy (non-hydrogen) atoms. The zero-order chi connectivity index (χ0) is 7.72. The van der Waals surface area contributed by atoms with Crippen molar-refractivity contribution in [1.82, 2.24) is 0 Å².